The standard InChI is InChI=1S/C24H31N3O4/c1-17-13-22(30-3)23(31-4)14-20(17)15-26-9-11-27(12-10-26)16-24(29)25-21-7-5-19(6-8-21)18(2)28/h5-8,13-14H,9-12,15-16H2,1-4H3,(H,25,29)/p+2. The zero-order valence-electron chi connectivity index (χ0n) is 18.8. The maximum atomic E-state index is 12.4. The fraction of sp³-hybridized carbons (Fsp3) is 0.417. The second-order valence-corrected chi connectivity index (χ2v) is 8.17. The van der Waals surface area contributed by atoms with Crippen molar-refractivity contribution in [3.63, 3.8) is 0 Å². The van der Waals surface area contributed by atoms with Gasteiger partial charge in [0.2, 0.25) is 0 Å². The number of aryl methyl sites for hydroxylation is 1. The number of carbonyl (C=O) groups is 2. The number of benzene rings is 2. The van der Waals surface area contributed by atoms with Crippen molar-refractivity contribution in [3.05, 3.63) is 53.1 Å². The highest BCUT2D eigenvalue weighted by Gasteiger charge is 2.25. The second-order valence-electron chi connectivity index (χ2n) is 8.17. The lowest BCUT2D eigenvalue weighted by Crippen LogP contribution is -3.28. The number of carbonyl (C=O) groups excluding carboxylic acids is 2. The number of hydrogen-bond donors (Lipinski definition) is 3. The van der Waals surface area contributed by atoms with Crippen molar-refractivity contribution in [2.45, 2.75) is 20.4 Å². The maximum Gasteiger partial charge on any atom is 0.279 e. The number of amides is 1. The summed E-state index contributed by atoms with van der Waals surface area (Å²) in [5.41, 5.74) is 3.84. The topological polar surface area (TPSA) is 73.5 Å². The van der Waals surface area contributed by atoms with E-state index in [0.717, 1.165) is 49.9 Å². The van der Waals surface area contributed by atoms with Gasteiger partial charge >= 0.3 is 0 Å². The number of hydrogen-bond acceptors (Lipinski definition) is 4. The summed E-state index contributed by atoms with van der Waals surface area (Å²) < 4.78 is 10.8. The first-order valence-corrected chi connectivity index (χ1v) is 10.7. The van der Waals surface area contributed by atoms with E-state index < -0.39 is 0 Å². The van der Waals surface area contributed by atoms with Crippen LogP contribution in [0.5, 0.6) is 11.5 Å². The Hall–Kier alpha value is -2.90. The largest absolute Gasteiger partial charge is 0.493 e. The van der Waals surface area contributed by atoms with E-state index in [1.807, 2.05) is 6.07 Å². The number of piperazine rings is 1. The van der Waals surface area contributed by atoms with Crippen LogP contribution in [0.4, 0.5) is 5.69 Å². The molecule has 1 fully saturated rings. The molecule has 166 valence electrons. The zero-order valence-corrected chi connectivity index (χ0v) is 18.8. The normalized spacial score (nSPS) is 18.3. The average Bonchev–Trinajstić information content (AvgIpc) is 2.76. The van der Waals surface area contributed by atoms with Crippen molar-refractivity contribution < 1.29 is 28.9 Å². The van der Waals surface area contributed by atoms with Gasteiger partial charge in [-0.25, -0.2) is 0 Å². The van der Waals surface area contributed by atoms with Crippen molar-refractivity contribution >= 4 is 17.4 Å². The number of anilines is 1. The molecule has 0 aliphatic carbocycles. The number of rotatable bonds is 8. The lowest BCUT2D eigenvalue weighted by atomic mass is 10.1. The van der Waals surface area contributed by atoms with E-state index >= 15 is 0 Å². The van der Waals surface area contributed by atoms with Crippen LogP contribution in [0.15, 0.2) is 36.4 Å². The number of ether oxygens (including phenoxy) is 2. The summed E-state index contributed by atoms with van der Waals surface area (Å²) in [4.78, 5) is 26.6. The summed E-state index contributed by atoms with van der Waals surface area (Å²) in [5, 5.41) is 2.93. The number of methoxy groups -OCH3 is 2. The highest BCUT2D eigenvalue weighted by Crippen LogP contribution is 2.29. The minimum absolute atomic E-state index is 0.00441. The molecule has 1 amide bonds. The summed E-state index contributed by atoms with van der Waals surface area (Å²) in [5.74, 6) is 1.55. The Kier molecular flexibility index (Phi) is 7.65. The SMILES string of the molecule is COc1cc(C)c(C[NH+]2CC[NH+](CC(=O)Nc3ccc(C(C)=O)cc3)CC2)cc1OC. The summed E-state index contributed by atoms with van der Waals surface area (Å²) in [7, 11) is 3.32. The van der Waals surface area contributed by atoms with Crippen molar-refractivity contribution in [3.8, 4) is 11.5 Å². The Morgan fingerprint density at radius 2 is 1.52 bits per heavy atom. The Labute approximate surface area is 183 Å². The van der Waals surface area contributed by atoms with Crippen LogP contribution in [-0.2, 0) is 11.3 Å². The van der Waals surface area contributed by atoms with Gasteiger partial charge < -0.3 is 24.6 Å². The first-order chi connectivity index (χ1) is 14.9. The molecule has 0 radical (unpaired) electrons. The summed E-state index contributed by atoms with van der Waals surface area (Å²) in [6.07, 6.45) is 0. The van der Waals surface area contributed by atoms with Crippen LogP contribution in [0.1, 0.15) is 28.4 Å². The van der Waals surface area contributed by atoms with Gasteiger partial charge in [-0.2, -0.15) is 0 Å². The van der Waals surface area contributed by atoms with Crippen LogP contribution in [0.2, 0.25) is 0 Å². The molecule has 0 aromatic heterocycles. The van der Waals surface area contributed by atoms with E-state index in [2.05, 4.69) is 18.3 Å². The van der Waals surface area contributed by atoms with E-state index in [1.54, 1.807) is 38.5 Å². The molecule has 2 aromatic rings. The number of nitrogens with one attached hydrogen (secondary N) is 3. The Morgan fingerprint density at radius 1 is 0.935 bits per heavy atom. The average molecular weight is 428 g/mol. The van der Waals surface area contributed by atoms with E-state index in [-0.39, 0.29) is 11.7 Å². The molecule has 0 spiro atoms. The Bertz CT molecular complexity index is 919. The maximum absolute atomic E-state index is 12.4. The minimum Gasteiger partial charge on any atom is -0.493 e. The molecule has 1 aliphatic rings. The van der Waals surface area contributed by atoms with Crippen molar-refractivity contribution in [1.29, 1.82) is 0 Å². The lowest BCUT2D eigenvalue weighted by molar-refractivity contribution is -1.02. The predicted molar refractivity (Wildman–Crippen MR) is 119 cm³/mol. The van der Waals surface area contributed by atoms with Gasteiger partial charge in [-0.1, -0.05) is 0 Å². The highest BCUT2D eigenvalue weighted by molar-refractivity contribution is 5.95. The molecule has 1 heterocycles. The molecule has 2 aromatic carbocycles. The molecule has 1 aliphatic heterocycles. The van der Waals surface area contributed by atoms with Gasteiger partial charge in [0.1, 0.15) is 32.7 Å². The molecular formula is C24H33N3O4+2. The molecular weight excluding hydrogens is 394 g/mol. The van der Waals surface area contributed by atoms with Gasteiger partial charge in [0.05, 0.1) is 14.2 Å². The summed E-state index contributed by atoms with van der Waals surface area (Å²) in [6.45, 7) is 8.98. The third-order valence-corrected chi connectivity index (χ3v) is 5.93. The van der Waals surface area contributed by atoms with E-state index in [9.17, 15) is 9.59 Å². The minimum atomic E-state index is 0.00441. The van der Waals surface area contributed by atoms with E-state index in [1.165, 1.54) is 27.9 Å². The van der Waals surface area contributed by atoms with Gasteiger partial charge in [-0.15, -0.1) is 0 Å². The molecule has 0 saturated carbocycles. The van der Waals surface area contributed by atoms with Crippen LogP contribution in [0.3, 0.4) is 0 Å². The molecule has 0 atom stereocenters. The first-order valence-electron chi connectivity index (χ1n) is 10.7. The Balaban J connectivity index is 1.48. The lowest BCUT2D eigenvalue weighted by Gasteiger charge is -2.29. The molecule has 31 heavy (non-hydrogen) atoms. The monoisotopic (exact) mass is 427 g/mol. The van der Waals surface area contributed by atoms with Crippen LogP contribution in [-0.4, -0.2) is 58.6 Å². The molecule has 1 saturated heterocycles. The fourth-order valence-corrected chi connectivity index (χ4v) is 4.01. The van der Waals surface area contributed by atoms with Crippen LogP contribution in [0.25, 0.3) is 0 Å². The predicted octanol–water partition coefficient (Wildman–Crippen LogP) is 0.137. The zero-order chi connectivity index (χ0) is 22.4. The van der Waals surface area contributed by atoms with Gasteiger partial charge in [-0.3, -0.25) is 9.59 Å². The van der Waals surface area contributed by atoms with Crippen LogP contribution < -0.4 is 24.6 Å². The molecule has 0 bridgehead atoms. The smallest absolute Gasteiger partial charge is 0.279 e. The second kappa shape index (κ2) is 10.4. The van der Waals surface area contributed by atoms with Gasteiger partial charge in [0.15, 0.2) is 23.8 Å². The Morgan fingerprint density at radius 3 is 2.10 bits per heavy atom. The third-order valence-electron chi connectivity index (χ3n) is 5.93. The van der Waals surface area contributed by atoms with Crippen LogP contribution >= 0.6 is 0 Å². The molecule has 3 rings (SSSR count). The number of ketones is 1. The van der Waals surface area contributed by atoms with Crippen molar-refractivity contribution in [2.24, 2.45) is 0 Å². The van der Waals surface area contributed by atoms with Gasteiger partial charge in [-0.05, 0) is 55.8 Å². The summed E-state index contributed by atoms with van der Waals surface area (Å²) >= 11 is 0. The third kappa shape index (κ3) is 6.06. The number of Topliss-reactive ketones (excluding diaryl/α,β-unsaturated/α-hetero) is 1. The van der Waals surface area contributed by atoms with E-state index in [0.29, 0.717) is 12.1 Å². The first kappa shape index (κ1) is 22.8. The highest BCUT2D eigenvalue weighted by atomic mass is 16.5. The fourth-order valence-electron chi connectivity index (χ4n) is 4.01. The van der Waals surface area contributed by atoms with Crippen molar-refractivity contribution in [1.82, 2.24) is 0 Å². The molecule has 7 nitrogen and oxygen atoms in total. The molecule has 0 unspecified atom stereocenters. The van der Waals surface area contributed by atoms with Crippen molar-refractivity contribution in [2.75, 3.05) is 52.3 Å². The van der Waals surface area contributed by atoms with Crippen LogP contribution in [0, 0.1) is 6.92 Å². The van der Waals surface area contributed by atoms with E-state index in [4.69, 9.17) is 9.47 Å². The molecule has 3 N–H and O–H groups in total. The van der Waals surface area contributed by atoms with Gasteiger partial charge in [0, 0.05) is 16.8 Å². The number of quaternary nitrogens is 2. The summed E-state index contributed by atoms with van der Waals surface area (Å²) in [6, 6.07) is 11.1. The molecule has 7 heteroatoms. The van der Waals surface area contributed by atoms with Gasteiger partial charge in [0.25, 0.3) is 5.91 Å². The quantitative estimate of drug-likeness (QED) is 0.524.